The largest absolute Gasteiger partial charge is 0.345 e. The second-order valence-electron chi connectivity index (χ2n) is 7.69. The fraction of sp³-hybridized carbons (Fsp3) is 0.440. The van der Waals surface area contributed by atoms with Crippen molar-refractivity contribution in [1.29, 1.82) is 0 Å². The molecule has 4 heteroatoms. The van der Waals surface area contributed by atoms with E-state index in [0.29, 0.717) is 12.1 Å². The first-order chi connectivity index (χ1) is 14.3. The summed E-state index contributed by atoms with van der Waals surface area (Å²) in [7, 11) is 0. The van der Waals surface area contributed by atoms with E-state index in [2.05, 4.69) is 28.9 Å². The van der Waals surface area contributed by atoms with Gasteiger partial charge in [-0.25, -0.2) is 4.98 Å². The van der Waals surface area contributed by atoms with E-state index in [1.807, 2.05) is 42.5 Å². The SMILES string of the molecule is CCCCCCCCCCn1c(CNC(=O)c2ccccc2)nc2ccccc21. The zero-order chi connectivity index (χ0) is 20.3. The standard InChI is InChI=1S/C25H33N3O/c1-2-3-4-5-6-7-8-14-19-28-23-18-13-12-17-22(23)27-24(28)20-26-25(29)21-15-10-9-11-16-21/h9-13,15-18H,2-8,14,19-20H2,1H3,(H,26,29). The van der Waals surface area contributed by atoms with Crippen molar-refractivity contribution in [3.8, 4) is 0 Å². The Balaban J connectivity index is 1.57. The Morgan fingerprint density at radius 2 is 1.52 bits per heavy atom. The average molecular weight is 392 g/mol. The number of fused-ring (bicyclic) bond motifs is 1. The third-order valence-corrected chi connectivity index (χ3v) is 5.41. The van der Waals surface area contributed by atoms with Crippen molar-refractivity contribution in [2.75, 3.05) is 0 Å². The van der Waals surface area contributed by atoms with Crippen LogP contribution in [0, 0.1) is 0 Å². The molecule has 0 bridgehead atoms. The number of nitrogens with zero attached hydrogens (tertiary/aromatic N) is 2. The Morgan fingerprint density at radius 3 is 2.28 bits per heavy atom. The van der Waals surface area contributed by atoms with Crippen LogP contribution in [0.1, 0.15) is 74.5 Å². The number of imidazole rings is 1. The van der Waals surface area contributed by atoms with Crippen LogP contribution in [0.2, 0.25) is 0 Å². The van der Waals surface area contributed by atoms with Crippen molar-refractivity contribution in [3.05, 3.63) is 66.0 Å². The summed E-state index contributed by atoms with van der Waals surface area (Å²) >= 11 is 0. The van der Waals surface area contributed by atoms with Crippen LogP contribution in [-0.4, -0.2) is 15.5 Å². The second kappa shape index (κ2) is 11.4. The normalized spacial score (nSPS) is 11.1. The van der Waals surface area contributed by atoms with Gasteiger partial charge in [-0.05, 0) is 30.7 Å². The van der Waals surface area contributed by atoms with Crippen molar-refractivity contribution in [2.24, 2.45) is 0 Å². The van der Waals surface area contributed by atoms with Crippen molar-refractivity contribution in [3.63, 3.8) is 0 Å². The number of carbonyl (C=O) groups is 1. The second-order valence-corrected chi connectivity index (χ2v) is 7.69. The number of carbonyl (C=O) groups excluding carboxylic acids is 1. The van der Waals surface area contributed by atoms with Crippen LogP contribution in [-0.2, 0) is 13.1 Å². The predicted molar refractivity (Wildman–Crippen MR) is 120 cm³/mol. The minimum absolute atomic E-state index is 0.0590. The molecule has 154 valence electrons. The van der Waals surface area contributed by atoms with Crippen LogP contribution in [0.4, 0.5) is 0 Å². The molecule has 3 rings (SSSR count). The lowest BCUT2D eigenvalue weighted by molar-refractivity contribution is 0.0949. The van der Waals surface area contributed by atoms with E-state index in [1.54, 1.807) is 0 Å². The number of para-hydroxylation sites is 2. The minimum atomic E-state index is -0.0590. The Kier molecular flexibility index (Phi) is 8.29. The lowest BCUT2D eigenvalue weighted by atomic mass is 10.1. The highest BCUT2D eigenvalue weighted by molar-refractivity contribution is 5.94. The first kappa shape index (κ1) is 21.1. The maximum absolute atomic E-state index is 12.4. The van der Waals surface area contributed by atoms with Gasteiger partial charge in [0, 0.05) is 12.1 Å². The number of rotatable bonds is 12. The quantitative estimate of drug-likeness (QED) is 0.379. The molecule has 1 heterocycles. The molecule has 0 spiro atoms. The monoisotopic (exact) mass is 391 g/mol. The van der Waals surface area contributed by atoms with Gasteiger partial charge < -0.3 is 9.88 Å². The van der Waals surface area contributed by atoms with Gasteiger partial charge in [-0.3, -0.25) is 4.79 Å². The van der Waals surface area contributed by atoms with Gasteiger partial charge in [-0.1, -0.05) is 82.2 Å². The number of hydrogen-bond acceptors (Lipinski definition) is 2. The zero-order valence-corrected chi connectivity index (χ0v) is 17.6. The number of aryl methyl sites for hydroxylation is 1. The molecule has 0 saturated carbocycles. The van der Waals surface area contributed by atoms with E-state index in [9.17, 15) is 4.79 Å². The third kappa shape index (κ3) is 6.18. The summed E-state index contributed by atoms with van der Waals surface area (Å²) in [6, 6.07) is 17.6. The van der Waals surface area contributed by atoms with E-state index < -0.39 is 0 Å². The van der Waals surface area contributed by atoms with Crippen molar-refractivity contribution in [2.45, 2.75) is 71.4 Å². The molecule has 0 aliphatic heterocycles. The van der Waals surface area contributed by atoms with E-state index in [-0.39, 0.29) is 5.91 Å². The highest BCUT2D eigenvalue weighted by atomic mass is 16.1. The average Bonchev–Trinajstić information content (AvgIpc) is 3.12. The smallest absolute Gasteiger partial charge is 0.251 e. The van der Waals surface area contributed by atoms with Crippen molar-refractivity contribution in [1.82, 2.24) is 14.9 Å². The molecule has 2 aromatic carbocycles. The molecule has 3 aromatic rings. The maximum Gasteiger partial charge on any atom is 0.251 e. The van der Waals surface area contributed by atoms with Crippen LogP contribution in [0.3, 0.4) is 0 Å². The molecule has 1 amide bonds. The van der Waals surface area contributed by atoms with E-state index in [0.717, 1.165) is 29.8 Å². The molecule has 4 nitrogen and oxygen atoms in total. The first-order valence-electron chi connectivity index (χ1n) is 11.1. The third-order valence-electron chi connectivity index (χ3n) is 5.41. The van der Waals surface area contributed by atoms with Gasteiger partial charge in [0.25, 0.3) is 5.91 Å². The Morgan fingerprint density at radius 1 is 0.862 bits per heavy atom. The fourth-order valence-electron chi connectivity index (χ4n) is 3.76. The molecule has 0 aliphatic carbocycles. The number of amides is 1. The molecule has 0 atom stereocenters. The molecule has 0 radical (unpaired) electrons. The lowest BCUT2D eigenvalue weighted by Gasteiger charge is -2.10. The Bertz CT molecular complexity index is 885. The number of hydrogen-bond donors (Lipinski definition) is 1. The predicted octanol–water partition coefficient (Wildman–Crippen LogP) is 6.11. The molecule has 0 unspecified atom stereocenters. The molecule has 0 saturated heterocycles. The summed E-state index contributed by atoms with van der Waals surface area (Å²) in [6.45, 7) is 3.65. The molecule has 1 aromatic heterocycles. The number of benzene rings is 2. The molecule has 0 fully saturated rings. The van der Waals surface area contributed by atoms with Crippen LogP contribution < -0.4 is 5.32 Å². The van der Waals surface area contributed by atoms with E-state index in [4.69, 9.17) is 4.98 Å². The molecule has 1 N–H and O–H groups in total. The zero-order valence-electron chi connectivity index (χ0n) is 17.6. The summed E-state index contributed by atoms with van der Waals surface area (Å²) in [5, 5.41) is 3.02. The van der Waals surface area contributed by atoms with Gasteiger partial charge in [-0.2, -0.15) is 0 Å². The van der Waals surface area contributed by atoms with E-state index in [1.165, 1.54) is 44.9 Å². The summed E-state index contributed by atoms with van der Waals surface area (Å²) in [4.78, 5) is 17.2. The first-order valence-corrected chi connectivity index (χ1v) is 11.1. The topological polar surface area (TPSA) is 46.9 Å². The van der Waals surface area contributed by atoms with Crippen molar-refractivity contribution >= 4 is 16.9 Å². The van der Waals surface area contributed by atoms with E-state index >= 15 is 0 Å². The van der Waals surface area contributed by atoms with Gasteiger partial charge in [-0.15, -0.1) is 0 Å². The lowest BCUT2D eigenvalue weighted by Crippen LogP contribution is -2.24. The van der Waals surface area contributed by atoms with Gasteiger partial charge in [0.05, 0.1) is 17.6 Å². The summed E-state index contributed by atoms with van der Waals surface area (Å²) in [6.07, 6.45) is 10.4. The van der Waals surface area contributed by atoms with Crippen LogP contribution in [0.5, 0.6) is 0 Å². The maximum atomic E-state index is 12.4. The number of nitrogens with one attached hydrogen (secondary N) is 1. The van der Waals surface area contributed by atoms with Crippen molar-refractivity contribution < 1.29 is 4.79 Å². The Labute approximate surface area is 174 Å². The summed E-state index contributed by atoms with van der Waals surface area (Å²) < 4.78 is 2.28. The highest BCUT2D eigenvalue weighted by Crippen LogP contribution is 2.18. The highest BCUT2D eigenvalue weighted by Gasteiger charge is 2.12. The Hall–Kier alpha value is -2.62. The molecule has 29 heavy (non-hydrogen) atoms. The van der Waals surface area contributed by atoms with Crippen LogP contribution >= 0.6 is 0 Å². The summed E-state index contributed by atoms with van der Waals surface area (Å²) in [5.41, 5.74) is 2.83. The van der Waals surface area contributed by atoms with Gasteiger partial charge >= 0.3 is 0 Å². The molecular weight excluding hydrogens is 358 g/mol. The van der Waals surface area contributed by atoms with Crippen LogP contribution in [0.15, 0.2) is 54.6 Å². The number of unbranched alkanes of at least 4 members (excludes halogenated alkanes) is 7. The number of aromatic nitrogens is 2. The van der Waals surface area contributed by atoms with Gasteiger partial charge in [0.1, 0.15) is 5.82 Å². The van der Waals surface area contributed by atoms with Crippen LogP contribution in [0.25, 0.3) is 11.0 Å². The molecular formula is C25H33N3O. The fourth-order valence-corrected chi connectivity index (χ4v) is 3.76. The van der Waals surface area contributed by atoms with Gasteiger partial charge in [0.15, 0.2) is 0 Å². The summed E-state index contributed by atoms with van der Waals surface area (Å²) in [5.74, 6) is 0.870. The van der Waals surface area contributed by atoms with Gasteiger partial charge in [0.2, 0.25) is 0 Å². The minimum Gasteiger partial charge on any atom is -0.345 e. The molecule has 0 aliphatic rings.